The van der Waals surface area contributed by atoms with Gasteiger partial charge in [0.1, 0.15) is 0 Å². The normalized spacial score (nSPS) is 17.7. The van der Waals surface area contributed by atoms with Gasteiger partial charge in [0.2, 0.25) is 0 Å². The highest BCUT2D eigenvalue weighted by Gasteiger charge is 2.43. The van der Waals surface area contributed by atoms with Crippen molar-refractivity contribution in [2.45, 2.75) is 197 Å². The topological polar surface area (TPSA) is 242 Å². The van der Waals surface area contributed by atoms with Crippen LogP contribution >= 0.6 is 0 Å². The maximum Gasteiger partial charge on any atom is 0.305 e. The van der Waals surface area contributed by atoms with Crippen LogP contribution in [-0.2, 0) is 19.1 Å². The minimum Gasteiger partial charge on any atom is -0.469 e. The van der Waals surface area contributed by atoms with Crippen LogP contribution in [0.25, 0.3) is 78.6 Å². The van der Waals surface area contributed by atoms with Gasteiger partial charge < -0.3 is 29.4 Å². The lowest BCUT2D eigenvalue weighted by atomic mass is 9.84. The zero-order valence-electron chi connectivity index (χ0n) is 60.5. The fourth-order valence-corrected chi connectivity index (χ4v) is 15.7. The van der Waals surface area contributed by atoms with Crippen LogP contribution in [0.5, 0.6) is 0 Å². The molecule has 18 heteroatoms. The number of rotatable bonds is 22. The summed E-state index contributed by atoms with van der Waals surface area (Å²) in [6, 6.07) is 12.3. The smallest absolute Gasteiger partial charge is 0.305 e. The Bertz CT molecular complexity index is 4620. The highest BCUT2D eigenvalue weighted by Crippen LogP contribution is 2.47. The number of unbranched alkanes of at least 4 members (excludes halogenated alkanes) is 6. The molecule has 4 atom stereocenters. The van der Waals surface area contributed by atoms with Gasteiger partial charge in [-0.15, -0.1) is 0 Å². The van der Waals surface area contributed by atoms with E-state index in [2.05, 4.69) is 126 Å². The van der Waals surface area contributed by atoms with E-state index in [-0.39, 0.29) is 85.2 Å². The summed E-state index contributed by atoms with van der Waals surface area (Å²) in [7, 11) is 2.77. The molecule has 520 valence electrons. The number of imide groups is 2. The molecule has 6 aromatic rings. The molecule has 0 radical (unpaired) electrons. The highest BCUT2D eigenvalue weighted by molar-refractivity contribution is 6.24. The Morgan fingerprint density at radius 3 is 1.19 bits per heavy atom. The van der Waals surface area contributed by atoms with Gasteiger partial charge in [-0.2, -0.15) is 0 Å². The SMILES string of the molecule is CCCCCCN1C(=O)c2c3nc(cc4[nH]c(cc5nc(cc6[nH]c2c(c6C)C1=O)C(CC)=C5C)c(/C=C/C=C/C=C/c1c(C)c2cc5nc(c6c7[nH]c(cc8nc(cc1[nH]2)C(C)=C8CC)c(C)c7C(=O)N(CCCCCC)C6=O)[C@@H](CCC(=O)OC)[C@@H]5C)c4C)[C@@H](C)[C@@H]3CCC(=O)OC. The Hall–Kier alpha value is -9.84. The molecule has 4 amide bonds. The molecule has 6 aliphatic heterocycles. The number of aromatic nitrogens is 8. The van der Waals surface area contributed by atoms with E-state index < -0.39 is 0 Å². The van der Waals surface area contributed by atoms with Crippen LogP contribution in [0, 0.1) is 27.7 Å². The number of hydrogen-bond acceptors (Lipinski definition) is 12. The van der Waals surface area contributed by atoms with Crippen molar-refractivity contribution < 1.29 is 38.2 Å². The van der Waals surface area contributed by atoms with Crippen LogP contribution in [-0.4, -0.2) is 113 Å². The molecule has 16 bridgehead atoms. The number of allylic oxidation sites excluding steroid dienone is 8. The summed E-state index contributed by atoms with van der Waals surface area (Å²) in [5.41, 5.74) is 22.6. The molecule has 6 aromatic heterocycles. The molecule has 100 heavy (non-hydrogen) atoms. The van der Waals surface area contributed by atoms with Gasteiger partial charge in [-0.3, -0.25) is 48.5 Å². The monoisotopic (exact) mass is 1350 g/mol. The average molecular weight is 1350 g/mol. The molecule has 0 fully saturated rings. The second kappa shape index (κ2) is 29.2. The summed E-state index contributed by atoms with van der Waals surface area (Å²) >= 11 is 0. The maximum atomic E-state index is 15.1. The first-order valence-electron chi connectivity index (χ1n) is 36.0. The number of amides is 4. The number of H-pyrrole nitrogens is 4. The van der Waals surface area contributed by atoms with Crippen molar-refractivity contribution in [1.82, 2.24) is 49.7 Å². The Kier molecular flexibility index (Phi) is 20.4. The number of nitrogens with one attached hydrogen (secondary N) is 4. The molecular weight excluding hydrogens is 1250 g/mol. The summed E-state index contributed by atoms with van der Waals surface area (Å²) in [5, 5.41) is 0. The number of ether oxygens (including phenoxy) is 2. The molecule has 12 rings (SSSR count). The van der Waals surface area contributed by atoms with Gasteiger partial charge in [0.25, 0.3) is 23.6 Å². The van der Waals surface area contributed by atoms with Gasteiger partial charge in [0, 0.05) is 105 Å². The van der Waals surface area contributed by atoms with E-state index in [1.807, 2.05) is 50.3 Å². The van der Waals surface area contributed by atoms with Crippen molar-refractivity contribution in [2.75, 3.05) is 27.3 Å². The number of fused-ring (bicyclic) bond motifs is 16. The molecule has 0 aromatic carbocycles. The van der Waals surface area contributed by atoms with Crippen LogP contribution in [0.15, 0.2) is 60.7 Å². The van der Waals surface area contributed by atoms with Crippen LogP contribution < -0.4 is 0 Å². The lowest BCUT2D eigenvalue weighted by Gasteiger charge is -2.27. The molecule has 12 heterocycles. The zero-order chi connectivity index (χ0) is 71.1. The summed E-state index contributed by atoms with van der Waals surface area (Å²) in [4.78, 5) is 124. The van der Waals surface area contributed by atoms with E-state index in [0.29, 0.717) is 94.2 Å². The number of aryl methyl sites for hydroxylation is 4. The molecule has 0 spiro atoms. The molecule has 0 aliphatic carbocycles. The van der Waals surface area contributed by atoms with Crippen molar-refractivity contribution >= 4 is 114 Å². The molecular formula is C82H94N10O8. The number of nitrogens with zero attached hydrogens (tertiary/aromatic N) is 6. The Morgan fingerprint density at radius 2 is 0.820 bits per heavy atom. The summed E-state index contributed by atoms with van der Waals surface area (Å²) in [5.74, 6) is -3.29. The zero-order valence-corrected chi connectivity index (χ0v) is 60.5. The summed E-state index contributed by atoms with van der Waals surface area (Å²) < 4.78 is 10.3. The maximum absolute atomic E-state index is 15.1. The second-order valence-corrected chi connectivity index (χ2v) is 27.7. The lowest BCUT2D eigenvalue weighted by molar-refractivity contribution is -0.141. The lowest BCUT2D eigenvalue weighted by Crippen LogP contribution is -2.41. The van der Waals surface area contributed by atoms with E-state index in [1.54, 1.807) is 0 Å². The third kappa shape index (κ3) is 12.8. The van der Waals surface area contributed by atoms with Gasteiger partial charge in [-0.1, -0.05) is 117 Å². The number of carbonyl (C=O) groups excluding carboxylic acids is 6. The standard InChI is InChI=1S/C82H94N10O8/c1-15-19-21-27-35-91-79(95)71-49(11)63-41-65-51(17-3)43(5)59(83-65)39-67-53(45(7)57(85-67)37-61-47(9)55(31-33-69(93)99-13)75(87-61)73(81(91)97)77(71)89-63)29-25-23-24-26-30-54-46(8)58-38-62-48(10)56(32-34-70(94)100-14)76(88-62)74-78-72(80(96)92(82(74)98)36-28-22-20-16-2)50(12)64(90-78)42-66-52(18-4)44(6)60(84-66)40-68(54)86-58/h23-26,29-30,37-42,47-48,55-56,85-86,89-90H,15-22,27-28,31-36H2,1-14H3/b24-23+,29-25+,30-26+,57-37?,58-38?,59-39?,60-40?,61-37?,62-38?,63-41?,64-42?,65-41?,66-42?,67-39?,68-40?,75-73?,76-74?/t47-,48-,55-,56-/m0/s1. The van der Waals surface area contributed by atoms with Gasteiger partial charge in [-0.05, 0) is 161 Å². The summed E-state index contributed by atoms with van der Waals surface area (Å²) in [6.07, 6.45) is 21.9. The van der Waals surface area contributed by atoms with Gasteiger partial charge in [0.05, 0.1) is 81.7 Å². The Morgan fingerprint density at radius 1 is 0.450 bits per heavy atom. The van der Waals surface area contributed by atoms with E-state index in [1.165, 1.54) is 24.0 Å². The van der Waals surface area contributed by atoms with Gasteiger partial charge >= 0.3 is 11.9 Å². The minimum absolute atomic E-state index is 0.120. The van der Waals surface area contributed by atoms with Crippen molar-refractivity contribution in [3.63, 3.8) is 0 Å². The molecule has 4 N–H and O–H groups in total. The second-order valence-electron chi connectivity index (χ2n) is 27.7. The number of carbonyl (C=O) groups is 6. The van der Waals surface area contributed by atoms with E-state index in [0.717, 1.165) is 150 Å². The fourth-order valence-electron chi connectivity index (χ4n) is 15.7. The quantitative estimate of drug-likeness (QED) is 0.0215. The van der Waals surface area contributed by atoms with E-state index in [4.69, 9.17) is 29.4 Å². The van der Waals surface area contributed by atoms with Crippen LogP contribution in [0.2, 0.25) is 0 Å². The predicted octanol–water partition coefficient (Wildman–Crippen LogP) is 18.2. The van der Waals surface area contributed by atoms with Gasteiger partial charge in [0.15, 0.2) is 0 Å². The molecule has 0 unspecified atom stereocenters. The molecule has 6 aliphatic rings. The van der Waals surface area contributed by atoms with E-state index >= 15 is 9.59 Å². The predicted molar refractivity (Wildman–Crippen MR) is 398 cm³/mol. The highest BCUT2D eigenvalue weighted by atomic mass is 16.5. The van der Waals surface area contributed by atoms with Crippen molar-refractivity contribution in [1.29, 1.82) is 0 Å². The minimum atomic E-state index is -0.388. The first-order valence-corrected chi connectivity index (χ1v) is 36.0. The average Bonchev–Trinajstić information content (AvgIpc) is 1.56. The first-order chi connectivity index (χ1) is 48.2. The number of aromatic amines is 4. The third-order valence-electron chi connectivity index (χ3n) is 21.8. The van der Waals surface area contributed by atoms with Crippen LogP contribution in [0.1, 0.15) is 289 Å². The van der Waals surface area contributed by atoms with Crippen LogP contribution in [0.4, 0.5) is 0 Å². The van der Waals surface area contributed by atoms with Crippen molar-refractivity contribution in [2.24, 2.45) is 0 Å². The first kappa shape index (κ1) is 70.0. The van der Waals surface area contributed by atoms with Gasteiger partial charge in [-0.25, -0.2) is 9.97 Å². The Labute approximate surface area is 585 Å². The molecule has 0 saturated carbocycles. The third-order valence-corrected chi connectivity index (χ3v) is 21.8. The van der Waals surface area contributed by atoms with E-state index in [9.17, 15) is 19.2 Å². The van der Waals surface area contributed by atoms with Crippen molar-refractivity contribution in [3.05, 3.63) is 162 Å². The largest absolute Gasteiger partial charge is 0.469 e. The molecule has 18 nitrogen and oxygen atoms in total. The van der Waals surface area contributed by atoms with Crippen LogP contribution in [0.3, 0.4) is 0 Å². The molecule has 0 saturated heterocycles. The van der Waals surface area contributed by atoms with Crippen molar-refractivity contribution in [3.8, 4) is 0 Å². The number of esters is 2. The summed E-state index contributed by atoms with van der Waals surface area (Å²) in [6.45, 7) is 25.5. The number of methoxy groups -OCH3 is 2. The number of hydrogen-bond donors (Lipinski definition) is 4. The Balaban J connectivity index is 0.985. The fraction of sp³-hybridized carbons (Fsp3) is 0.415.